The van der Waals surface area contributed by atoms with Crippen LogP contribution in [0.1, 0.15) is 136 Å². The molecule has 0 fully saturated rings. The van der Waals surface area contributed by atoms with Gasteiger partial charge in [-0.1, -0.05) is 126 Å². The van der Waals surface area contributed by atoms with Crippen LogP contribution in [0.15, 0.2) is 60.8 Å². The van der Waals surface area contributed by atoms with Crippen molar-refractivity contribution in [2.24, 2.45) is 0 Å². The van der Waals surface area contributed by atoms with Gasteiger partial charge in [0.15, 0.2) is 6.10 Å². The van der Waals surface area contributed by atoms with Crippen molar-refractivity contribution in [3.05, 3.63) is 60.8 Å². The summed E-state index contributed by atoms with van der Waals surface area (Å²) in [5, 5.41) is 0. The summed E-state index contributed by atoms with van der Waals surface area (Å²) in [4.78, 5) is 37.4. The fourth-order valence-electron chi connectivity index (χ4n) is 4.81. The smallest absolute Gasteiger partial charge is 0.306 e. The van der Waals surface area contributed by atoms with E-state index in [0.29, 0.717) is 23.9 Å². The summed E-state index contributed by atoms with van der Waals surface area (Å²) in [6.45, 7) is 3.92. The van der Waals surface area contributed by atoms with Gasteiger partial charge in [0, 0.05) is 12.8 Å². The van der Waals surface area contributed by atoms with Crippen LogP contribution in [0.4, 0.5) is 0 Å². The van der Waals surface area contributed by atoms with Crippen molar-refractivity contribution in [2.75, 3.05) is 47.5 Å². The summed E-state index contributed by atoms with van der Waals surface area (Å²) in [5.74, 6) is -0.876. The first-order valence-corrected chi connectivity index (χ1v) is 21.0. The summed E-state index contributed by atoms with van der Waals surface area (Å²) < 4.78 is 33.7. The topological polar surface area (TPSA) is 111 Å². The highest BCUT2D eigenvalue weighted by atomic mass is 31.2. The Morgan fingerprint density at radius 2 is 1.16 bits per heavy atom. The van der Waals surface area contributed by atoms with Crippen LogP contribution in [0, 0.1) is 0 Å². The van der Waals surface area contributed by atoms with Gasteiger partial charge in [-0.05, 0) is 57.8 Å². The lowest BCUT2D eigenvalue weighted by Gasteiger charge is -2.28. The van der Waals surface area contributed by atoms with Crippen molar-refractivity contribution in [1.29, 1.82) is 0 Å². The SMILES string of the molecule is CC/C=C/C=C/C=C/CCCCCCCC(=O)OC(COC(=O)CCCCCCCCC/C=C/C/C=C/CC)COP(=O)([O-])OCC[N+](C)(C)C. The molecule has 0 amide bonds. The molecule has 51 heavy (non-hydrogen) atoms. The van der Waals surface area contributed by atoms with Gasteiger partial charge in [0.25, 0.3) is 7.82 Å². The Morgan fingerprint density at radius 3 is 1.76 bits per heavy atom. The predicted molar refractivity (Wildman–Crippen MR) is 208 cm³/mol. The zero-order chi connectivity index (χ0) is 37.9. The predicted octanol–water partition coefficient (Wildman–Crippen LogP) is 9.88. The van der Waals surface area contributed by atoms with Crippen molar-refractivity contribution >= 4 is 19.8 Å². The highest BCUT2D eigenvalue weighted by molar-refractivity contribution is 7.45. The first-order valence-electron chi connectivity index (χ1n) is 19.5. The van der Waals surface area contributed by atoms with Gasteiger partial charge in [-0.3, -0.25) is 14.2 Å². The third kappa shape index (κ3) is 37.3. The summed E-state index contributed by atoms with van der Waals surface area (Å²) in [5.41, 5.74) is 0. The molecule has 0 aliphatic rings. The summed E-state index contributed by atoms with van der Waals surface area (Å²) in [6, 6.07) is 0. The maximum atomic E-state index is 12.6. The number of unbranched alkanes of at least 4 members (excludes halogenated alkanes) is 12. The molecule has 2 atom stereocenters. The Balaban J connectivity index is 4.47. The quantitative estimate of drug-likeness (QED) is 0.0160. The minimum Gasteiger partial charge on any atom is -0.756 e. The highest BCUT2D eigenvalue weighted by Gasteiger charge is 2.21. The molecule has 0 saturated carbocycles. The summed E-state index contributed by atoms with van der Waals surface area (Å²) in [7, 11) is 1.13. The Hall–Kier alpha value is -2.29. The van der Waals surface area contributed by atoms with Crippen LogP contribution < -0.4 is 4.89 Å². The number of hydrogen-bond acceptors (Lipinski definition) is 8. The van der Waals surface area contributed by atoms with E-state index in [2.05, 4.69) is 56.4 Å². The van der Waals surface area contributed by atoms with Gasteiger partial charge in [-0.2, -0.15) is 0 Å². The van der Waals surface area contributed by atoms with E-state index in [9.17, 15) is 19.0 Å². The molecule has 0 aromatic heterocycles. The van der Waals surface area contributed by atoms with Crippen LogP contribution >= 0.6 is 7.82 Å². The molecule has 294 valence electrons. The second-order valence-corrected chi connectivity index (χ2v) is 15.4. The molecule has 9 nitrogen and oxygen atoms in total. The van der Waals surface area contributed by atoms with Gasteiger partial charge in [0.05, 0.1) is 27.7 Å². The third-order valence-electron chi connectivity index (χ3n) is 7.84. The van der Waals surface area contributed by atoms with E-state index in [1.54, 1.807) is 0 Å². The Morgan fingerprint density at radius 1 is 0.627 bits per heavy atom. The first kappa shape index (κ1) is 48.7. The second-order valence-electron chi connectivity index (χ2n) is 13.9. The largest absolute Gasteiger partial charge is 0.756 e. The highest BCUT2D eigenvalue weighted by Crippen LogP contribution is 2.38. The van der Waals surface area contributed by atoms with Gasteiger partial charge in [-0.15, -0.1) is 0 Å². The van der Waals surface area contributed by atoms with E-state index in [1.165, 1.54) is 19.3 Å². The number of rotatable bonds is 34. The monoisotopic (exact) mass is 737 g/mol. The number of nitrogens with zero attached hydrogens (tertiary/aromatic N) is 1. The Bertz CT molecular complexity index is 1060. The van der Waals surface area contributed by atoms with E-state index in [0.717, 1.165) is 77.0 Å². The zero-order valence-electron chi connectivity index (χ0n) is 32.8. The van der Waals surface area contributed by atoms with Gasteiger partial charge in [0.2, 0.25) is 0 Å². The maximum absolute atomic E-state index is 12.6. The number of carbonyl (C=O) groups is 2. The van der Waals surface area contributed by atoms with Crippen LogP contribution in [0.25, 0.3) is 0 Å². The summed E-state index contributed by atoms with van der Waals surface area (Å²) in [6.07, 6.45) is 38.2. The normalized spacial score (nSPS) is 14.4. The number of esters is 2. The van der Waals surface area contributed by atoms with Gasteiger partial charge in [0.1, 0.15) is 19.8 Å². The molecule has 0 aliphatic heterocycles. The molecule has 0 spiro atoms. The van der Waals surface area contributed by atoms with E-state index < -0.39 is 32.5 Å². The van der Waals surface area contributed by atoms with Crippen LogP contribution in [-0.4, -0.2) is 70.0 Å². The van der Waals surface area contributed by atoms with E-state index in [4.69, 9.17) is 18.5 Å². The van der Waals surface area contributed by atoms with Crippen molar-refractivity contribution < 1.29 is 42.1 Å². The molecule has 0 heterocycles. The van der Waals surface area contributed by atoms with Crippen LogP contribution in [-0.2, 0) is 32.7 Å². The van der Waals surface area contributed by atoms with Gasteiger partial charge in [-0.25, -0.2) is 0 Å². The number of quaternary nitrogens is 1. The lowest BCUT2D eigenvalue weighted by atomic mass is 10.1. The molecule has 0 saturated heterocycles. The molecule has 2 unspecified atom stereocenters. The number of phosphoric acid groups is 1. The average molecular weight is 738 g/mol. The first-order chi connectivity index (χ1) is 24.5. The molecule has 0 N–H and O–H groups in total. The fourth-order valence-corrected chi connectivity index (χ4v) is 5.54. The van der Waals surface area contributed by atoms with Crippen molar-refractivity contribution in [2.45, 2.75) is 142 Å². The Labute approximate surface area is 311 Å². The molecular formula is C41H72NO8P. The van der Waals surface area contributed by atoms with E-state index in [1.807, 2.05) is 39.4 Å². The van der Waals surface area contributed by atoms with Gasteiger partial charge < -0.3 is 27.9 Å². The number of hydrogen-bond donors (Lipinski definition) is 0. The third-order valence-corrected chi connectivity index (χ3v) is 8.81. The molecule has 0 aromatic rings. The fraction of sp³-hybridized carbons (Fsp3) is 0.707. The Kier molecular flexibility index (Phi) is 32.0. The van der Waals surface area contributed by atoms with Gasteiger partial charge >= 0.3 is 11.9 Å². The summed E-state index contributed by atoms with van der Waals surface area (Å²) >= 11 is 0. The molecule has 0 rings (SSSR count). The minimum atomic E-state index is -4.63. The number of likely N-dealkylation sites (N-methyl/N-ethyl adjacent to an activating group) is 1. The molecule has 0 radical (unpaired) electrons. The number of carbonyl (C=O) groups excluding carboxylic acids is 2. The van der Waals surface area contributed by atoms with Crippen molar-refractivity contribution in [3.63, 3.8) is 0 Å². The second kappa shape index (κ2) is 33.5. The number of ether oxygens (including phenoxy) is 2. The van der Waals surface area contributed by atoms with Crippen LogP contribution in [0.5, 0.6) is 0 Å². The molecule has 0 aromatic carbocycles. The molecular weight excluding hydrogens is 665 g/mol. The van der Waals surface area contributed by atoms with Crippen molar-refractivity contribution in [3.8, 4) is 0 Å². The molecule has 10 heteroatoms. The van der Waals surface area contributed by atoms with E-state index in [-0.39, 0.29) is 26.1 Å². The van der Waals surface area contributed by atoms with Crippen LogP contribution in [0.2, 0.25) is 0 Å². The lowest BCUT2D eigenvalue weighted by Crippen LogP contribution is -2.37. The van der Waals surface area contributed by atoms with Crippen molar-refractivity contribution in [1.82, 2.24) is 0 Å². The lowest BCUT2D eigenvalue weighted by molar-refractivity contribution is -0.870. The average Bonchev–Trinajstić information content (AvgIpc) is 3.07. The minimum absolute atomic E-state index is 0.0394. The molecule has 0 aliphatic carbocycles. The zero-order valence-corrected chi connectivity index (χ0v) is 33.7. The standard InChI is InChI=1S/C41H72NO8P/c1-6-8-10-12-14-16-18-20-22-23-25-27-29-31-33-40(43)47-37-39(38-49-51(45,46)48-36-35-42(3,4)5)50-41(44)34-32-30-28-26-24-21-19-17-15-13-11-9-7-2/h8-11,13-17,19,39H,6-7,12,18,20-38H2,1-5H3/b10-8+,11-9+,15-13+,16-14+,19-17+. The molecule has 0 bridgehead atoms. The number of phosphoric ester groups is 1. The van der Waals surface area contributed by atoms with E-state index >= 15 is 0 Å². The van der Waals surface area contributed by atoms with Crippen LogP contribution in [0.3, 0.4) is 0 Å². The number of allylic oxidation sites excluding steroid dienone is 10. The maximum Gasteiger partial charge on any atom is 0.306 e.